The summed E-state index contributed by atoms with van der Waals surface area (Å²) in [7, 11) is 0. The van der Waals surface area contributed by atoms with E-state index in [0.29, 0.717) is 32.1 Å². The van der Waals surface area contributed by atoms with Crippen molar-refractivity contribution >= 4 is 5.91 Å². The molecule has 18 heavy (non-hydrogen) atoms. The molecule has 1 aliphatic carbocycles. The summed E-state index contributed by atoms with van der Waals surface area (Å²) in [5, 5.41) is 10.6. The lowest BCUT2D eigenvalue weighted by atomic mass is 10.1. The van der Waals surface area contributed by atoms with Gasteiger partial charge in [-0.15, -0.1) is 0 Å². The highest BCUT2D eigenvalue weighted by Crippen LogP contribution is 2.48. The molecule has 1 heterocycles. The molecule has 1 saturated carbocycles. The zero-order valence-electron chi connectivity index (χ0n) is 10.3. The minimum atomic E-state index is 0.164. The van der Waals surface area contributed by atoms with Crippen molar-refractivity contribution in [2.24, 2.45) is 5.92 Å². The molecule has 4 nitrogen and oxygen atoms in total. The lowest BCUT2D eigenvalue weighted by Gasteiger charge is -2.31. The van der Waals surface area contributed by atoms with E-state index in [2.05, 4.69) is 12.1 Å². The van der Waals surface area contributed by atoms with Crippen molar-refractivity contribution in [3.63, 3.8) is 0 Å². The van der Waals surface area contributed by atoms with Crippen LogP contribution in [-0.4, -0.2) is 47.3 Å². The Labute approximate surface area is 107 Å². The maximum Gasteiger partial charge on any atom is 0.226 e. The molecule has 2 unspecified atom stereocenters. The van der Waals surface area contributed by atoms with Crippen LogP contribution in [0, 0.1) is 5.92 Å². The highest BCUT2D eigenvalue weighted by molar-refractivity contribution is 5.83. The Kier molecular flexibility index (Phi) is 3.06. The van der Waals surface area contributed by atoms with Crippen LogP contribution in [-0.2, 0) is 4.79 Å². The Morgan fingerprint density at radius 1 is 1.11 bits per heavy atom. The third-order valence-corrected chi connectivity index (χ3v) is 3.90. The largest absolute Gasteiger partial charge is 0.340 e. The lowest BCUT2D eigenvalue weighted by molar-refractivity contribution is -0.147. The second-order valence-electron chi connectivity index (χ2n) is 5.14. The first-order valence-electron chi connectivity index (χ1n) is 6.53. The molecule has 4 heteroatoms. The third-order valence-electron chi connectivity index (χ3n) is 3.90. The average molecular weight is 246 g/mol. The molecule has 0 aromatic heterocycles. The van der Waals surface area contributed by atoms with Crippen LogP contribution >= 0.6 is 0 Å². The van der Waals surface area contributed by atoms with E-state index < -0.39 is 0 Å². The van der Waals surface area contributed by atoms with Crippen LogP contribution in [0.15, 0.2) is 30.3 Å². The van der Waals surface area contributed by atoms with Crippen LogP contribution < -0.4 is 0 Å². The van der Waals surface area contributed by atoms with Crippen molar-refractivity contribution in [2.75, 3.05) is 26.2 Å². The Morgan fingerprint density at radius 2 is 1.78 bits per heavy atom. The van der Waals surface area contributed by atoms with E-state index in [0.717, 1.165) is 6.42 Å². The van der Waals surface area contributed by atoms with E-state index in [9.17, 15) is 10.0 Å². The molecule has 0 radical (unpaired) electrons. The number of benzene rings is 1. The number of carbonyl (C=O) groups excluding carboxylic acids is 1. The van der Waals surface area contributed by atoms with Crippen molar-refractivity contribution < 1.29 is 10.0 Å². The molecule has 96 valence electrons. The molecule has 1 aromatic carbocycles. The molecule has 2 aliphatic rings. The fourth-order valence-corrected chi connectivity index (χ4v) is 2.69. The minimum Gasteiger partial charge on any atom is -0.340 e. The maximum absolute atomic E-state index is 12.3. The van der Waals surface area contributed by atoms with Gasteiger partial charge in [-0.3, -0.25) is 4.79 Å². The van der Waals surface area contributed by atoms with Crippen LogP contribution in [0.5, 0.6) is 0 Å². The fraction of sp³-hybridized carbons (Fsp3) is 0.500. The van der Waals surface area contributed by atoms with Gasteiger partial charge in [-0.1, -0.05) is 30.3 Å². The fourth-order valence-electron chi connectivity index (χ4n) is 2.69. The van der Waals surface area contributed by atoms with Crippen LogP contribution in [0.3, 0.4) is 0 Å². The number of nitrogens with zero attached hydrogens (tertiary/aromatic N) is 2. The van der Waals surface area contributed by atoms with Crippen molar-refractivity contribution in [2.45, 2.75) is 12.3 Å². The summed E-state index contributed by atoms with van der Waals surface area (Å²) in [6.07, 6.45) is 0.974. The van der Waals surface area contributed by atoms with Crippen molar-refractivity contribution in [1.29, 1.82) is 0 Å². The number of carbonyl (C=O) groups is 1. The molecule has 2 fully saturated rings. The standard InChI is InChI=1S/C14H18N2O2/c17-14(15-6-8-16(18)9-7-15)13-10-12(13)11-4-2-1-3-5-11/h1-5,12-13,18H,6-10H2. The normalized spacial score (nSPS) is 28.2. The quantitative estimate of drug-likeness (QED) is 0.856. The predicted molar refractivity (Wildman–Crippen MR) is 67.2 cm³/mol. The lowest BCUT2D eigenvalue weighted by Crippen LogP contribution is -2.48. The molecule has 1 N–H and O–H groups in total. The first-order valence-corrected chi connectivity index (χ1v) is 6.53. The van der Waals surface area contributed by atoms with Gasteiger partial charge in [0.25, 0.3) is 0 Å². The zero-order chi connectivity index (χ0) is 12.5. The number of hydrogen-bond acceptors (Lipinski definition) is 3. The molecular formula is C14H18N2O2. The van der Waals surface area contributed by atoms with Gasteiger partial charge in [0.05, 0.1) is 0 Å². The molecule has 2 atom stereocenters. The van der Waals surface area contributed by atoms with Crippen LogP contribution in [0.4, 0.5) is 0 Å². The second kappa shape index (κ2) is 4.71. The van der Waals surface area contributed by atoms with E-state index in [4.69, 9.17) is 0 Å². The van der Waals surface area contributed by atoms with Gasteiger partial charge in [0.1, 0.15) is 0 Å². The van der Waals surface area contributed by atoms with Gasteiger partial charge in [-0.05, 0) is 17.9 Å². The molecule has 3 rings (SSSR count). The Balaban J connectivity index is 1.59. The summed E-state index contributed by atoms with van der Waals surface area (Å²) in [6.45, 7) is 2.42. The van der Waals surface area contributed by atoms with Gasteiger partial charge < -0.3 is 10.1 Å². The summed E-state index contributed by atoms with van der Waals surface area (Å²) in [5.41, 5.74) is 1.27. The molecule has 1 aromatic rings. The molecule has 0 bridgehead atoms. The van der Waals surface area contributed by atoms with Gasteiger partial charge in [-0.25, -0.2) is 0 Å². The van der Waals surface area contributed by atoms with Gasteiger partial charge in [-0.2, -0.15) is 5.06 Å². The van der Waals surface area contributed by atoms with Crippen molar-refractivity contribution in [1.82, 2.24) is 9.96 Å². The molecule has 0 spiro atoms. The summed E-state index contributed by atoms with van der Waals surface area (Å²) in [4.78, 5) is 14.2. The highest BCUT2D eigenvalue weighted by atomic mass is 16.5. The first-order chi connectivity index (χ1) is 8.75. The minimum absolute atomic E-state index is 0.164. The summed E-state index contributed by atoms with van der Waals surface area (Å²) < 4.78 is 0. The summed E-state index contributed by atoms with van der Waals surface area (Å²) >= 11 is 0. The van der Waals surface area contributed by atoms with Gasteiger partial charge in [0.2, 0.25) is 5.91 Å². The molecule has 1 saturated heterocycles. The number of rotatable bonds is 2. The van der Waals surface area contributed by atoms with Gasteiger partial charge in [0, 0.05) is 32.1 Å². The molecule has 1 amide bonds. The van der Waals surface area contributed by atoms with E-state index >= 15 is 0 Å². The number of hydrogen-bond donors (Lipinski definition) is 1. The maximum atomic E-state index is 12.3. The first kappa shape index (κ1) is 11.7. The SMILES string of the molecule is O=C(C1CC1c1ccccc1)N1CCN(O)CC1. The highest BCUT2D eigenvalue weighted by Gasteiger charge is 2.45. The number of piperazine rings is 1. The van der Waals surface area contributed by atoms with E-state index in [-0.39, 0.29) is 11.8 Å². The summed E-state index contributed by atoms with van der Waals surface area (Å²) in [6, 6.07) is 10.3. The van der Waals surface area contributed by atoms with Crippen LogP contribution in [0.1, 0.15) is 17.9 Å². The van der Waals surface area contributed by atoms with Crippen molar-refractivity contribution in [3.8, 4) is 0 Å². The monoisotopic (exact) mass is 246 g/mol. The number of hydroxylamine groups is 2. The smallest absolute Gasteiger partial charge is 0.226 e. The molecule has 1 aliphatic heterocycles. The van der Waals surface area contributed by atoms with Gasteiger partial charge in [0.15, 0.2) is 0 Å². The second-order valence-corrected chi connectivity index (χ2v) is 5.14. The van der Waals surface area contributed by atoms with Crippen LogP contribution in [0.2, 0.25) is 0 Å². The van der Waals surface area contributed by atoms with E-state index in [1.54, 1.807) is 0 Å². The molecular weight excluding hydrogens is 228 g/mol. The van der Waals surface area contributed by atoms with E-state index in [1.807, 2.05) is 23.1 Å². The Bertz CT molecular complexity index is 427. The van der Waals surface area contributed by atoms with Gasteiger partial charge >= 0.3 is 0 Å². The van der Waals surface area contributed by atoms with Crippen LogP contribution in [0.25, 0.3) is 0 Å². The topological polar surface area (TPSA) is 43.8 Å². The average Bonchev–Trinajstić information content (AvgIpc) is 3.20. The third kappa shape index (κ3) is 2.26. The zero-order valence-corrected chi connectivity index (χ0v) is 10.3. The summed E-state index contributed by atoms with van der Waals surface area (Å²) in [5.74, 6) is 0.834. The Hall–Kier alpha value is -1.39. The Morgan fingerprint density at radius 3 is 2.44 bits per heavy atom. The van der Waals surface area contributed by atoms with E-state index in [1.165, 1.54) is 10.6 Å². The predicted octanol–water partition coefficient (Wildman–Crippen LogP) is 1.32. The van der Waals surface area contributed by atoms with Crippen molar-refractivity contribution in [3.05, 3.63) is 35.9 Å². The number of amides is 1.